The van der Waals surface area contributed by atoms with E-state index in [2.05, 4.69) is 82.3 Å². The van der Waals surface area contributed by atoms with Gasteiger partial charge in [-0.05, 0) is 100 Å². The normalized spacial score (nSPS) is 21.3. The Labute approximate surface area is 195 Å². The summed E-state index contributed by atoms with van der Waals surface area (Å²) in [6, 6.07) is 19.0. The summed E-state index contributed by atoms with van der Waals surface area (Å²) in [6.07, 6.45) is 9.19. The molecule has 2 aliphatic rings. The third-order valence-electron chi connectivity index (χ3n) is 6.49. The number of benzene rings is 1. The van der Waals surface area contributed by atoms with Gasteiger partial charge in [-0.2, -0.15) is 0 Å². The summed E-state index contributed by atoms with van der Waals surface area (Å²) in [4.78, 5) is 6.88. The molecule has 0 amide bonds. The van der Waals surface area contributed by atoms with Crippen LogP contribution < -0.4 is 15.0 Å². The minimum Gasteiger partial charge on any atom is -0.490 e. The number of hydrogen-bond acceptors (Lipinski definition) is 3. The second-order valence-electron chi connectivity index (χ2n) is 8.95. The molecule has 1 aromatic carbocycles. The van der Waals surface area contributed by atoms with Crippen LogP contribution in [0.4, 0.5) is 5.69 Å². The molecule has 2 atom stereocenters. The standard InChI is InChI=1S/C26H30N4OS/c1-18(2)29-17-7-11-23(29)25-24(22-10-5-6-16-27-22)28-26(32)30(25)19-12-14-21(15-13-19)31-20-8-3-4-9-20/h5-7,10-18,20,24-25H,3-4,8-9H2,1-2H3,(H,28,32)/t24-,25+/m1/s1. The number of nitrogens with one attached hydrogen (secondary N) is 1. The third-order valence-corrected chi connectivity index (χ3v) is 6.80. The van der Waals surface area contributed by atoms with E-state index in [1.54, 1.807) is 0 Å². The van der Waals surface area contributed by atoms with Crippen molar-refractivity contribution in [1.82, 2.24) is 14.9 Å². The van der Waals surface area contributed by atoms with Gasteiger partial charge in [0.15, 0.2) is 5.11 Å². The first-order valence-electron chi connectivity index (χ1n) is 11.6. The summed E-state index contributed by atoms with van der Waals surface area (Å²) in [5, 5.41) is 4.26. The van der Waals surface area contributed by atoms with Crippen LogP contribution in [0.2, 0.25) is 0 Å². The number of hydrogen-bond donors (Lipinski definition) is 1. The number of aromatic nitrogens is 2. The Bertz CT molecular complexity index is 1060. The number of pyridine rings is 1. The fraction of sp³-hybridized carbons (Fsp3) is 0.385. The van der Waals surface area contributed by atoms with Crippen molar-refractivity contribution in [2.24, 2.45) is 0 Å². The summed E-state index contributed by atoms with van der Waals surface area (Å²) >= 11 is 5.85. The first-order chi connectivity index (χ1) is 15.6. The van der Waals surface area contributed by atoms with Crippen molar-refractivity contribution in [1.29, 1.82) is 0 Å². The highest BCUT2D eigenvalue weighted by atomic mass is 32.1. The molecule has 0 spiro atoms. The van der Waals surface area contributed by atoms with Crippen LogP contribution in [-0.2, 0) is 0 Å². The van der Waals surface area contributed by atoms with Crippen LogP contribution in [0.3, 0.4) is 0 Å². The van der Waals surface area contributed by atoms with Gasteiger partial charge in [0.05, 0.1) is 17.8 Å². The predicted octanol–water partition coefficient (Wildman–Crippen LogP) is 5.96. The van der Waals surface area contributed by atoms with Gasteiger partial charge in [-0.1, -0.05) is 6.07 Å². The van der Waals surface area contributed by atoms with E-state index in [1.165, 1.54) is 18.5 Å². The van der Waals surface area contributed by atoms with Crippen LogP contribution in [0.25, 0.3) is 0 Å². The Kier molecular flexibility index (Phi) is 5.87. The van der Waals surface area contributed by atoms with E-state index < -0.39 is 0 Å². The quantitative estimate of drug-likeness (QED) is 0.473. The van der Waals surface area contributed by atoms with Gasteiger partial charge in [-0.3, -0.25) is 4.98 Å². The van der Waals surface area contributed by atoms with Gasteiger partial charge in [0.25, 0.3) is 0 Å². The van der Waals surface area contributed by atoms with Crippen LogP contribution in [0.15, 0.2) is 67.0 Å². The lowest BCUT2D eigenvalue weighted by Gasteiger charge is -2.30. The Morgan fingerprint density at radius 2 is 1.81 bits per heavy atom. The van der Waals surface area contributed by atoms with Gasteiger partial charge in [0, 0.05) is 29.8 Å². The van der Waals surface area contributed by atoms with Crippen molar-refractivity contribution in [3.63, 3.8) is 0 Å². The molecule has 0 radical (unpaired) electrons. The van der Waals surface area contributed by atoms with Crippen LogP contribution in [0.1, 0.15) is 69.0 Å². The van der Waals surface area contributed by atoms with Crippen molar-refractivity contribution < 1.29 is 4.74 Å². The number of rotatable bonds is 6. The van der Waals surface area contributed by atoms with Gasteiger partial charge in [0.1, 0.15) is 11.8 Å². The van der Waals surface area contributed by atoms with Crippen LogP contribution in [-0.4, -0.2) is 20.8 Å². The lowest BCUT2D eigenvalue weighted by Crippen LogP contribution is -2.30. The zero-order chi connectivity index (χ0) is 22.1. The highest BCUT2D eigenvalue weighted by Gasteiger charge is 2.42. The zero-order valence-corrected chi connectivity index (χ0v) is 19.5. The Morgan fingerprint density at radius 1 is 1.03 bits per heavy atom. The topological polar surface area (TPSA) is 42.3 Å². The lowest BCUT2D eigenvalue weighted by molar-refractivity contribution is 0.210. The Hall–Kier alpha value is -2.86. The maximum absolute atomic E-state index is 6.18. The molecule has 5 rings (SSSR count). The largest absolute Gasteiger partial charge is 0.490 e. The van der Waals surface area contributed by atoms with E-state index in [0.717, 1.165) is 30.0 Å². The van der Waals surface area contributed by atoms with E-state index in [-0.39, 0.29) is 12.1 Å². The first kappa shape index (κ1) is 21.0. The maximum Gasteiger partial charge on any atom is 0.174 e. The number of anilines is 1. The molecule has 2 aromatic heterocycles. The average Bonchev–Trinajstić information content (AvgIpc) is 3.55. The third kappa shape index (κ3) is 3.99. The number of ether oxygens (including phenoxy) is 1. The molecule has 166 valence electrons. The van der Waals surface area contributed by atoms with Gasteiger partial charge < -0.3 is 19.5 Å². The monoisotopic (exact) mass is 446 g/mol. The summed E-state index contributed by atoms with van der Waals surface area (Å²) in [5.41, 5.74) is 3.26. The second-order valence-corrected chi connectivity index (χ2v) is 9.34. The van der Waals surface area contributed by atoms with Crippen molar-refractivity contribution in [2.45, 2.75) is 63.8 Å². The molecule has 1 aliphatic carbocycles. The average molecular weight is 447 g/mol. The number of thiocarbonyl (C=S) groups is 1. The lowest BCUT2D eigenvalue weighted by atomic mass is 10.0. The summed E-state index contributed by atoms with van der Waals surface area (Å²) in [6.45, 7) is 4.42. The molecule has 32 heavy (non-hydrogen) atoms. The van der Waals surface area contributed by atoms with Crippen LogP contribution in [0.5, 0.6) is 5.75 Å². The molecule has 3 aromatic rings. The molecule has 2 fully saturated rings. The molecule has 1 aliphatic heterocycles. The van der Waals surface area contributed by atoms with Gasteiger partial charge >= 0.3 is 0 Å². The zero-order valence-electron chi connectivity index (χ0n) is 18.6. The first-order valence-corrected chi connectivity index (χ1v) is 12.0. The second kappa shape index (κ2) is 8.94. The van der Waals surface area contributed by atoms with Crippen molar-refractivity contribution in [2.75, 3.05) is 4.90 Å². The molecule has 1 saturated carbocycles. The van der Waals surface area contributed by atoms with E-state index in [9.17, 15) is 0 Å². The maximum atomic E-state index is 6.18. The molecule has 1 saturated heterocycles. The van der Waals surface area contributed by atoms with Gasteiger partial charge in [-0.25, -0.2) is 0 Å². The van der Waals surface area contributed by atoms with Gasteiger partial charge in [0.2, 0.25) is 0 Å². The van der Waals surface area contributed by atoms with Crippen molar-refractivity contribution >= 4 is 23.0 Å². The molecular weight excluding hydrogens is 416 g/mol. The highest BCUT2D eigenvalue weighted by Crippen LogP contribution is 2.42. The fourth-order valence-electron chi connectivity index (χ4n) is 4.95. The molecule has 5 nitrogen and oxygen atoms in total. The van der Waals surface area contributed by atoms with Crippen LogP contribution >= 0.6 is 12.2 Å². The SMILES string of the molecule is CC(C)n1cccc1[C@H]1[C@@H](c2ccccn2)NC(=S)N1c1ccc(OC2CCCC2)cc1. The van der Waals surface area contributed by atoms with E-state index in [0.29, 0.717) is 17.3 Å². The van der Waals surface area contributed by atoms with Crippen molar-refractivity contribution in [3.05, 3.63) is 78.4 Å². The highest BCUT2D eigenvalue weighted by molar-refractivity contribution is 7.80. The smallest absolute Gasteiger partial charge is 0.174 e. The summed E-state index contributed by atoms with van der Waals surface area (Å²) < 4.78 is 8.50. The minimum absolute atomic E-state index is 0.00333. The van der Waals surface area contributed by atoms with E-state index >= 15 is 0 Å². The molecule has 1 N–H and O–H groups in total. The van der Waals surface area contributed by atoms with E-state index in [4.69, 9.17) is 17.0 Å². The van der Waals surface area contributed by atoms with Gasteiger partial charge in [-0.15, -0.1) is 0 Å². The Balaban J connectivity index is 1.50. The number of nitrogens with zero attached hydrogens (tertiary/aromatic N) is 3. The summed E-state index contributed by atoms with van der Waals surface area (Å²) in [5.74, 6) is 0.933. The molecule has 0 bridgehead atoms. The molecule has 3 heterocycles. The molecule has 0 unspecified atom stereocenters. The molecular formula is C26H30N4OS. The predicted molar refractivity (Wildman–Crippen MR) is 132 cm³/mol. The van der Waals surface area contributed by atoms with Crippen molar-refractivity contribution in [3.8, 4) is 5.75 Å². The van der Waals surface area contributed by atoms with E-state index in [1.807, 2.05) is 18.3 Å². The van der Waals surface area contributed by atoms with Crippen LogP contribution in [0, 0.1) is 0 Å². The summed E-state index contributed by atoms with van der Waals surface area (Å²) in [7, 11) is 0. The Morgan fingerprint density at radius 3 is 2.50 bits per heavy atom. The minimum atomic E-state index is -0.0366. The fourth-order valence-corrected chi connectivity index (χ4v) is 5.29. The molecule has 6 heteroatoms.